The number of aryl methyl sites for hydroxylation is 2. The SMILES string of the molecule is Cc1nn(C)c(C)c1CNC(=O)C1CC2CCC1N2. The fourth-order valence-corrected chi connectivity index (χ4v) is 3.49. The number of hydrogen-bond acceptors (Lipinski definition) is 3. The lowest BCUT2D eigenvalue weighted by Crippen LogP contribution is -2.37. The summed E-state index contributed by atoms with van der Waals surface area (Å²) in [6, 6.07) is 0.976. The summed E-state index contributed by atoms with van der Waals surface area (Å²) in [5, 5.41) is 11.0. The number of nitrogens with one attached hydrogen (secondary N) is 2. The standard InChI is InChI=1S/C14H22N4O/c1-8-12(9(2)18(3)17-8)7-15-14(19)11-6-10-4-5-13(11)16-10/h10-11,13,16H,4-7H2,1-3H3,(H,15,19). The summed E-state index contributed by atoms with van der Waals surface area (Å²) < 4.78 is 1.87. The second kappa shape index (κ2) is 4.63. The van der Waals surface area contributed by atoms with Crippen LogP contribution in [0.5, 0.6) is 0 Å². The lowest BCUT2D eigenvalue weighted by Gasteiger charge is -2.19. The van der Waals surface area contributed by atoms with Gasteiger partial charge in [-0.05, 0) is 33.1 Å². The van der Waals surface area contributed by atoms with Crippen molar-refractivity contribution < 1.29 is 4.79 Å². The molecule has 0 aromatic carbocycles. The van der Waals surface area contributed by atoms with E-state index in [2.05, 4.69) is 15.7 Å². The van der Waals surface area contributed by atoms with Crippen LogP contribution in [0.1, 0.15) is 36.2 Å². The monoisotopic (exact) mass is 262 g/mol. The highest BCUT2D eigenvalue weighted by molar-refractivity contribution is 5.80. The van der Waals surface area contributed by atoms with Gasteiger partial charge in [0.25, 0.3) is 0 Å². The van der Waals surface area contributed by atoms with Crippen LogP contribution in [-0.4, -0.2) is 27.8 Å². The Morgan fingerprint density at radius 1 is 1.47 bits per heavy atom. The molecule has 3 heterocycles. The zero-order valence-electron chi connectivity index (χ0n) is 11.9. The molecule has 3 atom stereocenters. The van der Waals surface area contributed by atoms with Gasteiger partial charge in [-0.25, -0.2) is 0 Å². The highest BCUT2D eigenvalue weighted by Gasteiger charge is 2.42. The molecule has 5 heteroatoms. The van der Waals surface area contributed by atoms with Gasteiger partial charge in [0, 0.05) is 36.9 Å². The van der Waals surface area contributed by atoms with Crippen molar-refractivity contribution in [2.75, 3.05) is 0 Å². The molecule has 2 N–H and O–H groups in total. The van der Waals surface area contributed by atoms with E-state index in [9.17, 15) is 4.79 Å². The molecule has 3 unspecified atom stereocenters. The predicted octanol–water partition coefficient (Wildman–Crippen LogP) is 0.794. The molecule has 2 fully saturated rings. The molecule has 0 spiro atoms. The van der Waals surface area contributed by atoms with Crippen LogP contribution in [0, 0.1) is 19.8 Å². The number of nitrogens with zero attached hydrogens (tertiary/aromatic N) is 2. The van der Waals surface area contributed by atoms with Crippen molar-refractivity contribution in [2.45, 2.75) is 51.7 Å². The topological polar surface area (TPSA) is 59.0 Å². The molecule has 0 aliphatic carbocycles. The minimum atomic E-state index is 0.163. The van der Waals surface area contributed by atoms with Gasteiger partial charge in [-0.1, -0.05) is 0 Å². The van der Waals surface area contributed by atoms with Gasteiger partial charge in [-0.3, -0.25) is 9.48 Å². The van der Waals surface area contributed by atoms with E-state index in [1.54, 1.807) is 0 Å². The molecule has 0 saturated carbocycles. The Balaban J connectivity index is 1.62. The van der Waals surface area contributed by atoms with E-state index in [1.807, 2.05) is 25.6 Å². The fourth-order valence-electron chi connectivity index (χ4n) is 3.49. The molecule has 0 radical (unpaired) electrons. The first-order chi connectivity index (χ1) is 9.06. The Morgan fingerprint density at radius 2 is 2.26 bits per heavy atom. The number of fused-ring (bicyclic) bond motifs is 2. The minimum Gasteiger partial charge on any atom is -0.352 e. The molecule has 1 aromatic heterocycles. The maximum absolute atomic E-state index is 12.3. The third-order valence-corrected chi connectivity index (χ3v) is 4.74. The second-order valence-corrected chi connectivity index (χ2v) is 5.88. The van der Waals surface area contributed by atoms with Crippen molar-refractivity contribution in [3.8, 4) is 0 Å². The van der Waals surface area contributed by atoms with Gasteiger partial charge >= 0.3 is 0 Å². The van der Waals surface area contributed by atoms with E-state index in [0.29, 0.717) is 18.6 Å². The molecule has 19 heavy (non-hydrogen) atoms. The number of rotatable bonds is 3. The minimum absolute atomic E-state index is 0.163. The average molecular weight is 262 g/mol. The van der Waals surface area contributed by atoms with Gasteiger partial charge < -0.3 is 10.6 Å². The lowest BCUT2D eigenvalue weighted by molar-refractivity contribution is -0.125. The average Bonchev–Trinajstić information content (AvgIpc) is 3.05. The maximum Gasteiger partial charge on any atom is 0.225 e. The molecular weight excluding hydrogens is 240 g/mol. The number of aromatic nitrogens is 2. The van der Waals surface area contributed by atoms with Gasteiger partial charge in [-0.15, -0.1) is 0 Å². The zero-order chi connectivity index (χ0) is 13.6. The van der Waals surface area contributed by atoms with Crippen LogP contribution in [0.3, 0.4) is 0 Å². The van der Waals surface area contributed by atoms with Crippen molar-refractivity contribution in [1.82, 2.24) is 20.4 Å². The van der Waals surface area contributed by atoms with Crippen molar-refractivity contribution in [3.05, 3.63) is 17.0 Å². The quantitative estimate of drug-likeness (QED) is 0.847. The van der Waals surface area contributed by atoms with Crippen LogP contribution in [-0.2, 0) is 18.4 Å². The molecule has 2 bridgehead atoms. The molecule has 5 nitrogen and oxygen atoms in total. The molecule has 2 saturated heterocycles. The third kappa shape index (κ3) is 2.16. The molecule has 104 valence electrons. The first-order valence-electron chi connectivity index (χ1n) is 7.09. The van der Waals surface area contributed by atoms with Gasteiger partial charge in [0.05, 0.1) is 11.6 Å². The highest BCUT2D eigenvalue weighted by Crippen LogP contribution is 2.33. The van der Waals surface area contributed by atoms with Gasteiger partial charge in [0.1, 0.15) is 0 Å². The Morgan fingerprint density at radius 3 is 2.79 bits per heavy atom. The van der Waals surface area contributed by atoms with Crippen molar-refractivity contribution in [2.24, 2.45) is 13.0 Å². The van der Waals surface area contributed by atoms with Crippen molar-refractivity contribution >= 4 is 5.91 Å². The van der Waals surface area contributed by atoms with E-state index in [-0.39, 0.29) is 11.8 Å². The molecule has 1 aromatic rings. The van der Waals surface area contributed by atoms with Crippen molar-refractivity contribution in [3.63, 3.8) is 0 Å². The molecule has 2 aliphatic heterocycles. The van der Waals surface area contributed by atoms with Crippen LogP contribution in [0.25, 0.3) is 0 Å². The normalized spacial score (nSPS) is 28.9. The summed E-state index contributed by atoms with van der Waals surface area (Å²) in [7, 11) is 1.94. The van der Waals surface area contributed by atoms with Gasteiger partial charge in [0.15, 0.2) is 0 Å². The van der Waals surface area contributed by atoms with E-state index in [0.717, 1.165) is 29.8 Å². The first kappa shape index (κ1) is 12.7. The summed E-state index contributed by atoms with van der Waals surface area (Å²) in [5.41, 5.74) is 3.28. The molecule has 2 aliphatic rings. The summed E-state index contributed by atoms with van der Waals surface area (Å²) in [6.45, 7) is 4.63. The van der Waals surface area contributed by atoms with E-state index in [4.69, 9.17) is 0 Å². The maximum atomic E-state index is 12.3. The van der Waals surface area contributed by atoms with E-state index >= 15 is 0 Å². The van der Waals surface area contributed by atoms with Crippen LogP contribution in [0.2, 0.25) is 0 Å². The second-order valence-electron chi connectivity index (χ2n) is 5.88. The van der Waals surface area contributed by atoms with E-state index in [1.165, 1.54) is 6.42 Å². The smallest absolute Gasteiger partial charge is 0.225 e. The van der Waals surface area contributed by atoms with Crippen LogP contribution in [0.4, 0.5) is 0 Å². The number of hydrogen-bond donors (Lipinski definition) is 2. The largest absolute Gasteiger partial charge is 0.352 e. The zero-order valence-corrected chi connectivity index (χ0v) is 11.9. The van der Waals surface area contributed by atoms with Gasteiger partial charge in [0.2, 0.25) is 5.91 Å². The first-order valence-corrected chi connectivity index (χ1v) is 7.09. The number of amides is 1. The highest BCUT2D eigenvalue weighted by atomic mass is 16.1. The lowest BCUT2D eigenvalue weighted by atomic mass is 9.88. The molecular formula is C14H22N4O. The third-order valence-electron chi connectivity index (χ3n) is 4.74. The molecule has 3 rings (SSSR count). The Hall–Kier alpha value is -1.36. The summed E-state index contributed by atoms with van der Waals surface area (Å²) in [6.07, 6.45) is 3.38. The van der Waals surface area contributed by atoms with Crippen LogP contribution in [0.15, 0.2) is 0 Å². The fraction of sp³-hybridized carbons (Fsp3) is 0.714. The summed E-state index contributed by atoms with van der Waals surface area (Å²) >= 11 is 0. The van der Waals surface area contributed by atoms with Crippen molar-refractivity contribution in [1.29, 1.82) is 0 Å². The van der Waals surface area contributed by atoms with Crippen LogP contribution >= 0.6 is 0 Å². The van der Waals surface area contributed by atoms with E-state index < -0.39 is 0 Å². The Bertz CT molecular complexity index is 508. The predicted molar refractivity (Wildman–Crippen MR) is 72.6 cm³/mol. The summed E-state index contributed by atoms with van der Waals surface area (Å²) in [4.78, 5) is 12.3. The molecule has 1 amide bonds. The number of carbonyl (C=O) groups is 1. The van der Waals surface area contributed by atoms with Gasteiger partial charge in [-0.2, -0.15) is 5.10 Å². The Labute approximate surface area is 113 Å². The summed E-state index contributed by atoms with van der Waals surface area (Å²) in [5.74, 6) is 0.360. The Kier molecular flexibility index (Phi) is 3.09. The van der Waals surface area contributed by atoms with Crippen LogP contribution < -0.4 is 10.6 Å². The number of carbonyl (C=O) groups excluding carboxylic acids is 1.